The molecule has 0 saturated heterocycles. The normalized spacial score (nSPS) is 11.3. The highest BCUT2D eigenvalue weighted by atomic mass is 16.5. The summed E-state index contributed by atoms with van der Waals surface area (Å²) in [5, 5.41) is 0. The Morgan fingerprint density at radius 3 is 2.74 bits per heavy atom. The summed E-state index contributed by atoms with van der Waals surface area (Å²) in [6.45, 7) is 7.11. The van der Waals surface area contributed by atoms with Crippen LogP contribution in [0.1, 0.15) is 30.9 Å². The van der Waals surface area contributed by atoms with E-state index in [-0.39, 0.29) is 0 Å². The van der Waals surface area contributed by atoms with E-state index in [1.54, 1.807) is 0 Å². The first-order chi connectivity index (χ1) is 11.1. The third-order valence-electron chi connectivity index (χ3n) is 3.87. The van der Waals surface area contributed by atoms with Crippen LogP contribution in [-0.4, -0.2) is 21.6 Å². The second-order valence-electron chi connectivity index (χ2n) is 6.29. The van der Waals surface area contributed by atoms with Crippen LogP contribution in [0.25, 0.3) is 11.0 Å². The number of H-pyrrole nitrogens is 1. The third kappa shape index (κ3) is 3.70. The second-order valence-corrected chi connectivity index (χ2v) is 6.29. The van der Waals surface area contributed by atoms with E-state index < -0.39 is 0 Å². The summed E-state index contributed by atoms with van der Waals surface area (Å²) < 4.78 is 5.88. The van der Waals surface area contributed by atoms with Crippen molar-refractivity contribution in [1.29, 1.82) is 0 Å². The molecule has 0 bridgehead atoms. The largest absolute Gasteiger partial charge is 0.493 e. The lowest BCUT2D eigenvalue weighted by Crippen LogP contribution is -2.07. The summed E-state index contributed by atoms with van der Waals surface area (Å²) >= 11 is 0. The predicted molar refractivity (Wildman–Crippen MR) is 92.8 cm³/mol. The van der Waals surface area contributed by atoms with Gasteiger partial charge in [0.15, 0.2) is 0 Å². The fourth-order valence-corrected chi connectivity index (χ4v) is 2.58. The van der Waals surface area contributed by atoms with Gasteiger partial charge in [0.1, 0.15) is 11.6 Å². The van der Waals surface area contributed by atoms with Crippen molar-refractivity contribution in [2.24, 2.45) is 5.92 Å². The molecule has 0 amide bonds. The monoisotopic (exact) mass is 309 g/mol. The van der Waals surface area contributed by atoms with E-state index in [0.29, 0.717) is 5.92 Å². The molecule has 3 aromatic rings. The Hall–Kier alpha value is -2.36. The minimum atomic E-state index is 0.515. The molecular formula is C19H23N3O. The van der Waals surface area contributed by atoms with Gasteiger partial charge in [0.2, 0.25) is 0 Å². The molecule has 0 radical (unpaired) electrons. The van der Waals surface area contributed by atoms with Gasteiger partial charge in [-0.2, -0.15) is 0 Å². The molecule has 23 heavy (non-hydrogen) atoms. The van der Waals surface area contributed by atoms with Gasteiger partial charge in [0.25, 0.3) is 0 Å². The van der Waals surface area contributed by atoms with Crippen molar-refractivity contribution < 1.29 is 4.74 Å². The van der Waals surface area contributed by atoms with Crippen molar-refractivity contribution in [1.82, 2.24) is 15.0 Å². The highest BCUT2D eigenvalue weighted by molar-refractivity contribution is 5.74. The molecule has 2 heterocycles. The maximum atomic E-state index is 5.88. The van der Waals surface area contributed by atoms with Gasteiger partial charge in [-0.25, -0.2) is 4.98 Å². The number of hydrogen-bond donors (Lipinski definition) is 1. The first-order valence-electron chi connectivity index (χ1n) is 8.14. The molecule has 120 valence electrons. The summed E-state index contributed by atoms with van der Waals surface area (Å²) in [5.74, 6) is 2.45. The standard InChI is InChI=1S/C19H23N3O/c1-13(2)12-23-18-10-11-20-15(14(18)3)8-9-19-21-16-6-4-5-7-17(16)22-19/h4-7,10-11,13H,8-9,12H2,1-3H3,(H,21,22). The fourth-order valence-electron chi connectivity index (χ4n) is 2.58. The molecule has 1 N–H and O–H groups in total. The average Bonchev–Trinajstić information content (AvgIpc) is 2.95. The maximum absolute atomic E-state index is 5.88. The Balaban J connectivity index is 1.71. The number of pyridine rings is 1. The van der Waals surface area contributed by atoms with Gasteiger partial charge in [-0.3, -0.25) is 4.98 Å². The van der Waals surface area contributed by atoms with Crippen molar-refractivity contribution in [3.63, 3.8) is 0 Å². The molecule has 4 nitrogen and oxygen atoms in total. The molecule has 0 fully saturated rings. The lowest BCUT2D eigenvalue weighted by molar-refractivity contribution is 0.269. The number of nitrogens with one attached hydrogen (secondary N) is 1. The van der Waals surface area contributed by atoms with Crippen LogP contribution in [0.4, 0.5) is 0 Å². The van der Waals surface area contributed by atoms with Gasteiger partial charge in [-0.15, -0.1) is 0 Å². The quantitative estimate of drug-likeness (QED) is 0.746. The van der Waals surface area contributed by atoms with Crippen molar-refractivity contribution in [3.8, 4) is 5.75 Å². The first-order valence-corrected chi connectivity index (χ1v) is 8.14. The number of fused-ring (bicyclic) bond motifs is 1. The molecule has 0 atom stereocenters. The smallest absolute Gasteiger partial charge is 0.125 e. The number of benzene rings is 1. The maximum Gasteiger partial charge on any atom is 0.125 e. The van der Waals surface area contributed by atoms with Crippen LogP contribution < -0.4 is 4.74 Å². The molecule has 0 aliphatic heterocycles. The summed E-state index contributed by atoms with van der Waals surface area (Å²) in [6, 6.07) is 10.1. The Bertz CT molecular complexity index is 759. The van der Waals surface area contributed by atoms with Gasteiger partial charge in [0, 0.05) is 23.9 Å². The molecule has 3 rings (SSSR count). The van der Waals surface area contributed by atoms with Crippen LogP contribution in [0.2, 0.25) is 0 Å². The summed E-state index contributed by atoms with van der Waals surface area (Å²) in [5.41, 5.74) is 4.30. The van der Waals surface area contributed by atoms with Gasteiger partial charge in [-0.05, 0) is 37.5 Å². The van der Waals surface area contributed by atoms with Crippen molar-refractivity contribution in [2.75, 3.05) is 6.61 Å². The molecule has 2 aromatic heterocycles. The number of ether oxygens (including phenoxy) is 1. The topological polar surface area (TPSA) is 50.8 Å². The zero-order chi connectivity index (χ0) is 16.2. The number of rotatable bonds is 6. The molecular weight excluding hydrogens is 286 g/mol. The van der Waals surface area contributed by atoms with E-state index in [1.807, 2.05) is 30.5 Å². The van der Waals surface area contributed by atoms with E-state index in [2.05, 4.69) is 41.8 Å². The van der Waals surface area contributed by atoms with Gasteiger partial charge < -0.3 is 9.72 Å². The van der Waals surface area contributed by atoms with Crippen molar-refractivity contribution in [2.45, 2.75) is 33.6 Å². The minimum absolute atomic E-state index is 0.515. The number of imidazole rings is 1. The zero-order valence-corrected chi connectivity index (χ0v) is 14.0. The zero-order valence-electron chi connectivity index (χ0n) is 14.0. The number of aromatic nitrogens is 3. The molecule has 0 saturated carbocycles. The highest BCUT2D eigenvalue weighted by Gasteiger charge is 2.09. The van der Waals surface area contributed by atoms with Crippen LogP contribution in [-0.2, 0) is 12.8 Å². The number of aromatic amines is 1. The number of nitrogens with zero attached hydrogens (tertiary/aromatic N) is 2. The summed E-state index contributed by atoms with van der Waals surface area (Å²) in [7, 11) is 0. The lowest BCUT2D eigenvalue weighted by Gasteiger charge is -2.13. The van der Waals surface area contributed by atoms with Gasteiger partial charge in [-0.1, -0.05) is 26.0 Å². The van der Waals surface area contributed by atoms with Gasteiger partial charge in [0.05, 0.1) is 17.6 Å². The Labute approximate surface area is 136 Å². The van der Waals surface area contributed by atoms with E-state index >= 15 is 0 Å². The minimum Gasteiger partial charge on any atom is -0.493 e. The Morgan fingerprint density at radius 2 is 1.96 bits per heavy atom. The number of hydrogen-bond acceptors (Lipinski definition) is 3. The Kier molecular flexibility index (Phi) is 4.60. The van der Waals surface area contributed by atoms with Crippen LogP contribution in [0.3, 0.4) is 0 Å². The van der Waals surface area contributed by atoms with E-state index in [0.717, 1.165) is 53.3 Å². The van der Waals surface area contributed by atoms with Crippen LogP contribution in [0, 0.1) is 12.8 Å². The van der Waals surface area contributed by atoms with Crippen molar-refractivity contribution in [3.05, 3.63) is 53.6 Å². The summed E-state index contributed by atoms with van der Waals surface area (Å²) in [4.78, 5) is 12.5. The predicted octanol–water partition coefficient (Wildman–Crippen LogP) is 4.09. The Morgan fingerprint density at radius 1 is 1.13 bits per heavy atom. The van der Waals surface area contributed by atoms with Crippen LogP contribution in [0.15, 0.2) is 36.5 Å². The average molecular weight is 309 g/mol. The molecule has 0 unspecified atom stereocenters. The molecule has 4 heteroatoms. The highest BCUT2D eigenvalue weighted by Crippen LogP contribution is 2.21. The van der Waals surface area contributed by atoms with Crippen molar-refractivity contribution >= 4 is 11.0 Å². The SMILES string of the molecule is Cc1c(OCC(C)C)ccnc1CCc1nc2ccccc2[nH]1. The number of aryl methyl sites for hydroxylation is 2. The van der Waals surface area contributed by atoms with E-state index in [9.17, 15) is 0 Å². The van der Waals surface area contributed by atoms with E-state index in [1.165, 1.54) is 0 Å². The van der Waals surface area contributed by atoms with E-state index in [4.69, 9.17) is 4.74 Å². The molecule has 1 aromatic carbocycles. The molecule has 0 aliphatic rings. The third-order valence-corrected chi connectivity index (χ3v) is 3.87. The lowest BCUT2D eigenvalue weighted by atomic mass is 10.1. The fraction of sp³-hybridized carbons (Fsp3) is 0.368. The van der Waals surface area contributed by atoms with Crippen LogP contribution >= 0.6 is 0 Å². The first kappa shape index (κ1) is 15.5. The van der Waals surface area contributed by atoms with Gasteiger partial charge >= 0.3 is 0 Å². The number of para-hydroxylation sites is 2. The second kappa shape index (κ2) is 6.82. The summed E-state index contributed by atoms with van der Waals surface area (Å²) in [6.07, 6.45) is 3.53. The molecule has 0 spiro atoms. The van der Waals surface area contributed by atoms with Crippen LogP contribution in [0.5, 0.6) is 5.75 Å². The molecule has 0 aliphatic carbocycles.